The molecule has 60 heavy (non-hydrogen) atoms. The SMILES string of the molecule is CC1(C)c2ccccc2-c2cccc(-c3ccc(N(c4ccc5c(c4)C4(CCCCC4)c4ccccc4-5)c4ccc5c(c4)C(C)(c4ccccc4)c4ccccc4-5)cc3)c21. The van der Waals surface area contributed by atoms with E-state index in [2.05, 4.69) is 208 Å². The second kappa shape index (κ2) is 13.0. The molecule has 0 saturated heterocycles. The van der Waals surface area contributed by atoms with E-state index >= 15 is 0 Å². The number of benzene rings is 8. The van der Waals surface area contributed by atoms with Crippen molar-refractivity contribution in [1.82, 2.24) is 0 Å². The summed E-state index contributed by atoms with van der Waals surface area (Å²) in [7, 11) is 0. The Hall–Kier alpha value is -6.44. The molecule has 12 rings (SSSR count). The van der Waals surface area contributed by atoms with E-state index in [1.807, 2.05) is 0 Å². The average molecular weight is 772 g/mol. The van der Waals surface area contributed by atoms with Crippen molar-refractivity contribution in [2.45, 2.75) is 69.1 Å². The predicted molar refractivity (Wildman–Crippen MR) is 251 cm³/mol. The lowest BCUT2D eigenvalue weighted by molar-refractivity contribution is 0.353. The zero-order valence-corrected chi connectivity index (χ0v) is 34.8. The van der Waals surface area contributed by atoms with E-state index in [4.69, 9.17) is 0 Å². The maximum absolute atomic E-state index is 2.57. The van der Waals surface area contributed by atoms with Gasteiger partial charge in [0.15, 0.2) is 0 Å². The molecule has 1 heteroatoms. The average Bonchev–Trinajstić information content (AvgIpc) is 3.82. The number of hydrogen-bond donors (Lipinski definition) is 0. The zero-order chi connectivity index (χ0) is 40.2. The minimum absolute atomic E-state index is 0.0687. The fourth-order valence-corrected chi connectivity index (χ4v) is 12.3. The lowest BCUT2D eigenvalue weighted by atomic mass is 9.68. The van der Waals surface area contributed by atoms with E-state index in [0.29, 0.717) is 0 Å². The van der Waals surface area contributed by atoms with Gasteiger partial charge in [0.05, 0.1) is 0 Å². The topological polar surface area (TPSA) is 3.24 Å². The van der Waals surface area contributed by atoms with Gasteiger partial charge in [-0.05, 0) is 140 Å². The number of nitrogens with zero attached hydrogens (tertiary/aromatic N) is 1. The Kier molecular flexibility index (Phi) is 7.71. The van der Waals surface area contributed by atoms with Crippen molar-refractivity contribution in [2.75, 3.05) is 4.90 Å². The Bertz CT molecular complexity index is 3000. The van der Waals surface area contributed by atoms with Crippen LogP contribution in [0.5, 0.6) is 0 Å². The minimum atomic E-state index is -0.289. The van der Waals surface area contributed by atoms with E-state index in [9.17, 15) is 0 Å². The number of anilines is 3. The van der Waals surface area contributed by atoms with E-state index in [-0.39, 0.29) is 16.2 Å². The first-order valence-corrected chi connectivity index (χ1v) is 22.1. The maximum Gasteiger partial charge on any atom is 0.0465 e. The molecule has 0 aromatic heterocycles. The summed E-state index contributed by atoms with van der Waals surface area (Å²) >= 11 is 0. The first kappa shape index (κ1) is 35.5. The Morgan fingerprint density at radius 2 is 0.867 bits per heavy atom. The van der Waals surface area contributed by atoms with E-state index in [1.54, 1.807) is 0 Å². The van der Waals surface area contributed by atoms with Gasteiger partial charge in [0.1, 0.15) is 0 Å². The van der Waals surface area contributed by atoms with Crippen LogP contribution in [0.25, 0.3) is 44.5 Å². The molecule has 0 bridgehead atoms. The quantitative estimate of drug-likeness (QED) is 0.168. The van der Waals surface area contributed by atoms with E-state index in [1.165, 1.54) is 133 Å². The molecule has 0 N–H and O–H groups in total. The van der Waals surface area contributed by atoms with Crippen LogP contribution in [0.4, 0.5) is 17.1 Å². The van der Waals surface area contributed by atoms with Gasteiger partial charge in [-0.15, -0.1) is 0 Å². The van der Waals surface area contributed by atoms with E-state index in [0.717, 1.165) is 0 Å². The highest BCUT2D eigenvalue weighted by atomic mass is 15.1. The van der Waals surface area contributed by atoms with Crippen LogP contribution < -0.4 is 4.90 Å². The Labute approximate surface area is 355 Å². The van der Waals surface area contributed by atoms with Gasteiger partial charge in [-0.1, -0.05) is 179 Å². The van der Waals surface area contributed by atoms with Crippen LogP contribution in [0.15, 0.2) is 182 Å². The Balaban J connectivity index is 1.04. The summed E-state index contributed by atoms with van der Waals surface area (Å²) in [6, 6.07) is 69.3. The summed E-state index contributed by atoms with van der Waals surface area (Å²) in [5.74, 6) is 0. The van der Waals surface area contributed by atoms with Crippen LogP contribution in [0.1, 0.15) is 91.8 Å². The van der Waals surface area contributed by atoms with Gasteiger partial charge < -0.3 is 4.90 Å². The smallest absolute Gasteiger partial charge is 0.0465 e. The lowest BCUT2D eigenvalue weighted by Crippen LogP contribution is -2.28. The van der Waals surface area contributed by atoms with Gasteiger partial charge in [0, 0.05) is 33.3 Å². The minimum Gasteiger partial charge on any atom is -0.310 e. The molecule has 0 heterocycles. The third-order valence-electron chi connectivity index (χ3n) is 15.1. The van der Waals surface area contributed by atoms with Crippen molar-refractivity contribution in [2.24, 2.45) is 0 Å². The molecule has 1 atom stereocenters. The Morgan fingerprint density at radius 1 is 0.367 bits per heavy atom. The van der Waals surface area contributed by atoms with Crippen molar-refractivity contribution >= 4 is 17.1 Å². The highest BCUT2D eigenvalue weighted by Crippen LogP contribution is 2.58. The van der Waals surface area contributed by atoms with Crippen LogP contribution in [-0.4, -0.2) is 0 Å². The summed E-state index contributed by atoms with van der Waals surface area (Å²) in [5.41, 5.74) is 23.9. The molecule has 290 valence electrons. The molecule has 1 unspecified atom stereocenters. The molecule has 1 spiro atoms. The van der Waals surface area contributed by atoms with E-state index < -0.39 is 0 Å². The molecule has 4 aliphatic carbocycles. The van der Waals surface area contributed by atoms with Gasteiger partial charge >= 0.3 is 0 Å². The van der Waals surface area contributed by atoms with Crippen LogP contribution in [0.2, 0.25) is 0 Å². The highest BCUT2D eigenvalue weighted by Gasteiger charge is 2.45. The summed E-state index contributed by atoms with van der Waals surface area (Å²) in [6.07, 6.45) is 6.30. The molecule has 0 aliphatic heterocycles. The highest BCUT2D eigenvalue weighted by molar-refractivity contribution is 5.91. The largest absolute Gasteiger partial charge is 0.310 e. The molecular formula is C59H49N. The monoisotopic (exact) mass is 771 g/mol. The van der Waals surface area contributed by atoms with Crippen molar-refractivity contribution < 1.29 is 0 Å². The van der Waals surface area contributed by atoms with Crippen molar-refractivity contribution in [3.05, 3.63) is 221 Å². The van der Waals surface area contributed by atoms with Crippen molar-refractivity contribution in [3.8, 4) is 44.5 Å². The van der Waals surface area contributed by atoms with Gasteiger partial charge in [0.2, 0.25) is 0 Å². The maximum atomic E-state index is 2.57. The zero-order valence-electron chi connectivity index (χ0n) is 34.8. The third kappa shape index (κ3) is 4.87. The normalized spacial score (nSPS) is 18.2. The summed E-state index contributed by atoms with van der Waals surface area (Å²) in [4.78, 5) is 2.54. The molecule has 0 radical (unpaired) electrons. The van der Waals surface area contributed by atoms with Crippen LogP contribution in [-0.2, 0) is 16.2 Å². The second-order valence-corrected chi connectivity index (χ2v) is 18.5. The predicted octanol–water partition coefficient (Wildman–Crippen LogP) is 15.7. The molecule has 0 amide bonds. The molecule has 1 nitrogen and oxygen atoms in total. The second-order valence-electron chi connectivity index (χ2n) is 18.5. The summed E-state index contributed by atoms with van der Waals surface area (Å²) in [5, 5.41) is 0. The lowest BCUT2D eigenvalue weighted by Gasteiger charge is -2.36. The van der Waals surface area contributed by atoms with Crippen molar-refractivity contribution in [3.63, 3.8) is 0 Å². The number of rotatable bonds is 5. The first-order valence-electron chi connectivity index (χ1n) is 22.1. The number of fused-ring (bicyclic) bond motifs is 11. The molecular weight excluding hydrogens is 723 g/mol. The van der Waals surface area contributed by atoms with Crippen LogP contribution in [0, 0.1) is 0 Å². The van der Waals surface area contributed by atoms with Gasteiger partial charge in [-0.25, -0.2) is 0 Å². The van der Waals surface area contributed by atoms with Crippen molar-refractivity contribution in [1.29, 1.82) is 0 Å². The third-order valence-corrected chi connectivity index (χ3v) is 15.1. The molecule has 1 fully saturated rings. The standard InChI is InChI=1S/C59H49N/c1-57(2)51-24-11-8-21-47(51)50-23-16-22-44(56(50)57)39-27-29-41(30-28-39)60(43-32-34-49-46-20-10-13-26-53(46)59(55(49)38-43)35-14-5-15-36-59)42-31-33-48-45-19-9-12-25-52(45)58(3,54(48)37-42)40-17-6-4-7-18-40/h4,6-13,16-34,37-38H,5,14-15,35-36H2,1-3H3. The fraction of sp³-hybridized carbons (Fsp3) is 0.186. The fourth-order valence-electron chi connectivity index (χ4n) is 12.3. The summed E-state index contributed by atoms with van der Waals surface area (Å²) in [6.45, 7) is 7.20. The van der Waals surface area contributed by atoms with Crippen LogP contribution in [0.3, 0.4) is 0 Å². The molecule has 4 aliphatic rings. The van der Waals surface area contributed by atoms with Gasteiger partial charge in [-0.3, -0.25) is 0 Å². The summed E-state index contributed by atoms with van der Waals surface area (Å²) < 4.78 is 0. The molecule has 8 aromatic carbocycles. The Morgan fingerprint density at radius 3 is 1.57 bits per heavy atom. The molecule has 8 aromatic rings. The molecule has 1 saturated carbocycles. The number of hydrogen-bond acceptors (Lipinski definition) is 1. The van der Waals surface area contributed by atoms with Gasteiger partial charge in [-0.2, -0.15) is 0 Å². The van der Waals surface area contributed by atoms with Crippen LogP contribution >= 0.6 is 0 Å². The van der Waals surface area contributed by atoms with Gasteiger partial charge in [0.25, 0.3) is 0 Å². The first-order chi connectivity index (χ1) is 29.4.